The minimum Gasteiger partial charge on any atom is -0.464 e. The summed E-state index contributed by atoms with van der Waals surface area (Å²) < 4.78 is 10.4. The van der Waals surface area contributed by atoms with E-state index in [9.17, 15) is 4.79 Å². The molecule has 3 N–H and O–H groups in total. The molecule has 0 fully saturated rings. The van der Waals surface area contributed by atoms with Gasteiger partial charge in [-0.2, -0.15) is 0 Å². The number of guanidine groups is 1. The van der Waals surface area contributed by atoms with Crippen LogP contribution in [0.4, 0.5) is 0 Å². The fourth-order valence-electron chi connectivity index (χ4n) is 1.68. The number of hydrogen-bond acceptors (Lipinski definition) is 4. The molecule has 1 aromatic rings. The largest absolute Gasteiger partial charge is 0.464 e. The van der Waals surface area contributed by atoms with Crippen molar-refractivity contribution in [3.63, 3.8) is 0 Å². The number of methoxy groups -OCH3 is 1. The number of aliphatic imine (C=N–C) groups is 1. The van der Waals surface area contributed by atoms with Crippen molar-refractivity contribution in [3.05, 3.63) is 23.7 Å². The van der Waals surface area contributed by atoms with Crippen molar-refractivity contribution in [2.24, 2.45) is 4.99 Å². The Morgan fingerprint density at radius 1 is 1.43 bits per heavy atom. The monoisotopic (exact) mass is 296 g/mol. The lowest BCUT2D eigenvalue weighted by atomic mass is 10.2. The van der Waals surface area contributed by atoms with E-state index in [1.165, 1.54) is 0 Å². The van der Waals surface area contributed by atoms with Crippen LogP contribution in [0.5, 0.6) is 0 Å². The number of furan rings is 1. The smallest absolute Gasteiger partial charge is 0.239 e. The summed E-state index contributed by atoms with van der Waals surface area (Å²) in [6.45, 7) is 4.99. The number of carbonyl (C=O) groups is 1. The summed E-state index contributed by atoms with van der Waals surface area (Å²) >= 11 is 0. The number of ether oxygens (including phenoxy) is 1. The van der Waals surface area contributed by atoms with E-state index >= 15 is 0 Å². The molecule has 0 saturated heterocycles. The molecule has 1 atom stereocenters. The molecule has 0 spiro atoms. The van der Waals surface area contributed by atoms with Gasteiger partial charge < -0.3 is 25.1 Å². The fourth-order valence-corrected chi connectivity index (χ4v) is 1.68. The standard InChI is InChI=1S/C14H24N4O3/c1-10-5-6-12(21-10)11(2)18-14(15-3)17-9-13(19)16-7-8-20-4/h5-6,11H,7-9H2,1-4H3,(H,16,19)(H2,15,17,18). The second-order valence-corrected chi connectivity index (χ2v) is 4.58. The first-order valence-electron chi connectivity index (χ1n) is 6.86. The Hall–Kier alpha value is -2.02. The summed E-state index contributed by atoms with van der Waals surface area (Å²) in [5.74, 6) is 2.11. The van der Waals surface area contributed by atoms with Crippen LogP contribution in [0.1, 0.15) is 24.5 Å². The van der Waals surface area contributed by atoms with Gasteiger partial charge in [-0.1, -0.05) is 0 Å². The third kappa shape index (κ3) is 6.31. The number of aryl methyl sites for hydroxylation is 1. The minimum absolute atomic E-state index is 0.0403. The van der Waals surface area contributed by atoms with Gasteiger partial charge in [-0.05, 0) is 26.0 Å². The number of nitrogens with one attached hydrogen (secondary N) is 3. The SMILES string of the molecule is CN=C(NCC(=O)NCCOC)NC(C)c1ccc(C)o1. The van der Waals surface area contributed by atoms with Crippen LogP contribution in [0.3, 0.4) is 0 Å². The first kappa shape index (κ1) is 17.0. The molecule has 0 aromatic carbocycles. The van der Waals surface area contributed by atoms with Crippen molar-refractivity contribution in [2.75, 3.05) is 33.9 Å². The molecule has 1 heterocycles. The highest BCUT2D eigenvalue weighted by atomic mass is 16.5. The highest BCUT2D eigenvalue weighted by molar-refractivity contribution is 5.86. The molecule has 7 nitrogen and oxygen atoms in total. The number of carbonyl (C=O) groups excluding carboxylic acids is 1. The van der Waals surface area contributed by atoms with Crippen molar-refractivity contribution in [1.82, 2.24) is 16.0 Å². The van der Waals surface area contributed by atoms with Crippen molar-refractivity contribution in [1.29, 1.82) is 0 Å². The van der Waals surface area contributed by atoms with E-state index in [0.717, 1.165) is 11.5 Å². The highest BCUT2D eigenvalue weighted by Crippen LogP contribution is 2.15. The summed E-state index contributed by atoms with van der Waals surface area (Å²) in [5, 5.41) is 8.83. The van der Waals surface area contributed by atoms with Crippen LogP contribution < -0.4 is 16.0 Å². The van der Waals surface area contributed by atoms with Crippen LogP contribution in [-0.4, -0.2) is 45.7 Å². The van der Waals surface area contributed by atoms with E-state index in [-0.39, 0.29) is 18.5 Å². The van der Waals surface area contributed by atoms with Gasteiger partial charge in [0, 0.05) is 20.7 Å². The van der Waals surface area contributed by atoms with Gasteiger partial charge >= 0.3 is 0 Å². The predicted molar refractivity (Wildman–Crippen MR) is 81.2 cm³/mol. The predicted octanol–water partition coefficient (Wildman–Crippen LogP) is 0.577. The molecule has 0 aliphatic rings. The lowest BCUT2D eigenvalue weighted by molar-refractivity contribution is -0.120. The molecule has 7 heteroatoms. The quantitative estimate of drug-likeness (QED) is 0.389. The van der Waals surface area contributed by atoms with Gasteiger partial charge in [0.1, 0.15) is 11.5 Å². The second kappa shape index (κ2) is 9.02. The molecule has 1 rings (SSSR count). The molecular formula is C14H24N4O3. The van der Waals surface area contributed by atoms with Crippen molar-refractivity contribution in [3.8, 4) is 0 Å². The molecule has 118 valence electrons. The number of hydrogen-bond donors (Lipinski definition) is 3. The van der Waals surface area contributed by atoms with Crippen LogP contribution in [0.2, 0.25) is 0 Å². The molecule has 0 bridgehead atoms. The maximum absolute atomic E-state index is 11.6. The molecular weight excluding hydrogens is 272 g/mol. The van der Waals surface area contributed by atoms with E-state index < -0.39 is 0 Å². The third-order valence-corrected chi connectivity index (χ3v) is 2.81. The van der Waals surface area contributed by atoms with Gasteiger partial charge in [-0.3, -0.25) is 9.79 Å². The van der Waals surface area contributed by atoms with Gasteiger partial charge in [0.15, 0.2) is 5.96 Å². The fraction of sp³-hybridized carbons (Fsp3) is 0.571. The lowest BCUT2D eigenvalue weighted by Crippen LogP contribution is -2.44. The molecule has 0 aliphatic heterocycles. The Morgan fingerprint density at radius 3 is 2.76 bits per heavy atom. The molecule has 1 amide bonds. The molecule has 0 saturated carbocycles. The molecule has 0 radical (unpaired) electrons. The molecule has 21 heavy (non-hydrogen) atoms. The van der Waals surface area contributed by atoms with Crippen molar-refractivity contribution < 1.29 is 13.9 Å². The Balaban J connectivity index is 2.36. The average molecular weight is 296 g/mol. The maximum atomic E-state index is 11.6. The highest BCUT2D eigenvalue weighted by Gasteiger charge is 2.11. The minimum atomic E-state index is -0.114. The van der Waals surface area contributed by atoms with Gasteiger partial charge in [0.25, 0.3) is 0 Å². The number of rotatable bonds is 7. The first-order valence-corrected chi connectivity index (χ1v) is 6.86. The van der Waals surface area contributed by atoms with E-state index in [1.54, 1.807) is 14.2 Å². The summed E-state index contributed by atoms with van der Waals surface area (Å²) in [4.78, 5) is 15.6. The topological polar surface area (TPSA) is 87.9 Å². The Bertz CT molecular complexity index is 471. The Kier molecular flexibility index (Phi) is 7.31. The van der Waals surface area contributed by atoms with E-state index in [1.807, 2.05) is 26.0 Å². The number of amides is 1. The van der Waals surface area contributed by atoms with Crippen LogP contribution in [0, 0.1) is 6.92 Å². The van der Waals surface area contributed by atoms with Crippen LogP contribution >= 0.6 is 0 Å². The maximum Gasteiger partial charge on any atom is 0.239 e. The van der Waals surface area contributed by atoms with E-state index in [0.29, 0.717) is 19.1 Å². The summed E-state index contributed by atoms with van der Waals surface area (Å²) in [5.41, 5.74) is 0. The zero-order valence-corrected chi connectivity index (χ0v) is 13.0. The van der Waals surface area contributed by atoms with Gasteiger partial charge in [0.05, 0.1) is 19.2 Å². The first-order chi connectivity index (χ1) is 10.1. The molecule has 1 unspecified atom stereocenters. The number of nitrogens with zero attached hydrogens (tertiary/aromatic N) is 1. The van der Waals surface area contributed by atoms with Crippen LogP contribution in [-0.2, 0) is 9.53 Å². The zero-order chi connectivity index (χ0) is 15.7. The molecule has 0 aliphatic carbocycles. The van der Waals surface area contributed by atoms with Crippen molar-refractivity contribution >= 4 is 11.9 Å². The molecule has 1 aromatic heterocycles. The normalized spacial score (nSPS) is 12.9. The Morgan fingerprint density at radius 2 is 2.19 bits per heavy atom. The van der Waals surface area contributed by atoms with Crippen LogP contribution in [0.15, 0.2) is 21.5 Å². The Labute approximate surface area is 125 Å². The van der Waals surface area contributed by atoms with Crippen molar-refractivity contribution in [2.45, 2.75) is 19.9 Å². The third-order valence-electron chi connectivity index (χ3n) is 2.81. The van der Waals surface area contributed by atoms with Gasteiger partial charge in [0.2, 0.25) is 5.91 Å². The van der Waals surface area contributed by atoms with Gasteiger partial charge in [-0.15, -0.1) is 0 Å². The summed E-state index contributed by atoms with van der Waals surface area (Å²) in [7, 11) is 3.24. The van der Waals surface area contributed by atoms with E-state index in [2.05, 4.69) is 20.9 Å². The second-order valence-electron chi connectivity index (χ2n) is 4.58. The lowest BCUT2D eigenvalue weighted by Gasteiger charge is -2.16. The van der Waals surface area contributed by atoms with Crippen LogP contribution in [0.25, 0.3) is 0 Å². The average Bonchev–Trinajstić information content (AvgIpc) is 2.90. The van der Waals surface area contributed by atoms with Gasteiger partial charge in [-0.25, -0.2) is 0 Å². The van der Waals surface area contributed by atoms with E-state index in [4.69, 9.17) is 9.15 Å². The zero-order valence-electron chi connectivity index (χ0n) is 13.0. The summed E-state index contributed by atoms with van der Waals surface area (Å²) in [6, 6.07) is 3.78. The summed E-state index contributed by atoms with van der Waals surface area (Å²) in [6.07, 6.45) is 0.